The molecule has 0 aliphatic carbocycles. The number of nitrogens with one attached hydrogen (secondary N) is 4. The second-order valence-electron chi connectivity index (χ2n) is 6.92. The minimum atomic E-state index is -1.61. The molecule has 1 heterocycles. The van der Waals surface area contributed by atoms with Gasteiger partial charge in [-0.15, -0.1) is 0 Å². The Labute approximate surface area is 181 Å². The molecule has 1 aromatic rings. The number of amides is 5. The van der Waals surface area contributed by atoms with Crippen LogP contribution in [0.5, 0.6) is 0 Å². The van der Waals surface area contributed by atoms with Crippen LogP contribution in [0.1, 0.15) is 25.5 Å². The summed E-state index contributed by atoms with van der Waals surface area (Å²) in [6.07, 6.45) is 1.53. The van der Waals surface area contributed by atoms with Crippen LogP contribution in [-0.4, -0.2) is 74.7 Å². The highest BCUT2D eigenvalue weighted by Crippen LogP contribution is 2.02. The van der Waals surface area contributed by atoms with Gasteiger partial charge in [-0.1, -0.05) is 0 Å². The van der Waals surface area contributed by atoms with Gasteiger partial charge >= 0.3 is 5.97 Å². The van der Waals surface area contributed by atoms with Crippen LogP contribution in [0.25, 0.3) is 0 Å². The van der Waals surface area contributed by atoms with Crippen LogP contribution in [0.2, 0.25) is 0 Å². The fourth-order valence-electron chi connectivity index (χ4n) is 2.49. The number of aliphatic carboxylic acids is 1. The monoisotopic (exact) mass is 454 g/mol. The van der Waals surface area contributed by atoms with E-state index in [1.807, 2.05) is 0 Å². The van der Waals surface area contributed by atoms with Gasteiger partial charge in [-0.05, 0) is 6.92 Å². The molecule has 0 aromatic carbocycles. The summed E-state index contributed by atoms with van der Waals surface area (Å²) in [6, 6.07) is -5.34. The summed E-state index contributed by atoms with van der Waals surface area (Å²) in [7, 11) is 0. The molecule has 11 N–H and O–H groups in total. The summed E-state index contributed by atoms with van der Waals surface area (Å²) < 4.78 is 0. The maximum atomic E-state index is 12.6. The fraction of sp³-hybridized carbons (Fsp3) is 0.471. The number of aromatic amines is 1. The van der Waals surface area contributed by atoms with Gasteiger partial charge in [0, 0.05) is 18.3 Å². The highest BCUT2D eigenvalue weighted by molar-refractivity contribution is 5.95. The van der Waals surface area contributed by atoms with Crippen molar-refractivity contribution in [3.8, 4) is 0 Å². The predicted octanol–water partition coefficient (Wildman–Crippen LogP) is -4.41. The zero-order chi connectivity index (χ0) is 24.4. The summed E-state index contributed by atoms with van der Waals surface area (Å²) in [5.41, 5.74) is 15.9. The summed E-state index contributed by atoms with van der Waals surface area (Å²) in [5.74, 6) is -5.77. The third-order valence-electron chi connectivity index (χ3n) is 4.14. The van der Waals surface area contributed by atoms with E-state index in [0.717, 1.165) is 0 Å². The number of nitrogens with two attached hydrogens (primary N) is 3. The predicted molar refractivity (Wildman–Crippen MR) is 107 cm³/mol. The Morgan fingerprint density at radius 2 is 1.56 bits per heavy atom. The van der Waals surface area contributed by atoms with Crippen molar-refractivity contribution in [2.45, 2.75) is 50.4 Å². The highest BCUT2D eigenvalue weighted by atomic mass is 16.4. The molecule has 0 aliphatic rings. The molecule has 0 fully saturated rings. The number of primary amides is 2. The van der Waals surface area contributed by atoms with Gasteiger partial charge in [0.2, 0.25) is 29.5 Å². The average Bonchev–Trinajstić information content (AvgIpc) is 3.18. The molecular formula is C17H26N8O7. The Balaban J connectivity index is 2.89. The van der Waals surface area contributed by atoms with E-state index in [1.54, 1.807) is 0 Å². The third kappa shape index (κ3) is 8.78. The zero-order valence-corrected chi connectivity index (χ0v) is 17.2. The van der Waals surface area contributed by atoms with Crippen LogP contribution >= 0.6 is 0 Å². The largest absolute Gasteiger partial charge is 0.480 e. The van der Waals surface area contributed by atoms with E-state index in [-0.39, 0.29) is 6.42 Å². The van der Waals surface area contributed by atoms with Crippen molar-refractivity contribution >= 4 is 35.5 Å². The molecule has 32 heavy (non-hydrogen) atoms. The molecule has 0 saturated heterocycles. The molecule has 5 amide bonds. The van der Waals surface area contributed by atoms with E-state index in [4.69, 9.17) is 17.2 Å². The number of carboxylic acids is 1. The lowest BCUT2D eigenvalue weighted by Gasteiger charge is -2.23. The number of hydrogen-bond donors (Lipinski definition) is 8. The summed E-state index contributed by atoms with van der Waals surface area (Å²) in [6.45, 7) is 1.31. The molecule has 15 nitrogen and oxygen atoms in total. The van der Waals surface area contributed by atoms with Crippen LogP contribution in [0.15, 0.2) is 12.5 Å². The first-order chi connectivity index (χ1) is 14.9. The summed E-state index contributed by atoms with van der Waals surface area (Å²) in [4.78, 5) is 76.9. The van der Waals surface area contributed by atoms with E-state index in [9.17, 15) is 33.9 Å². The fourth-order valence-corrected chi connectivity index (χ4v) is 2.49. The van der Waals surface area contributed by atoms with Crippen molar-refractivity contribution in [1.29, 1.82) is 0 Å². The first-order valence-electron chi connectivity index (χ1n) is 9.34. The second-order valence-corrected chi connectivity index (χ2v) is 6.92. The highest BCUT2D eigenvalue weighted by Gasteiger charge is 2.30. The molecule has 1 rings (SSSR count). The number of nitrogens with zero attached hydrogens (tertiary/aromatic N) is 1. The van der Waals surface area contributed by atoms with Gasteiger partial charge in [0.05, 0.1) is 25.2 Å². The van der Waals surface area contributed by atoms with Crippen molar-refractivity contribution in [2.75, 3.05) is 0 Å². The summed E-state index contributed by atoms with van der Waals surface area (Å²) >= 11 is 0. The van der Waals surface area contributed by atoms with Crippen LogP contribution in [0.4, 0.5) is 0 Å². The Hall–Kier alpha value is -4.01. The second kappa shape index (κ2) is 12.0. The number of carboxylic acid groups (broad SMARTS) is 1. The van der Waals surface area contributed by atoms with Gasteiger partial charge < -0.3 is 43.2 Å². The van der Waals surface area contributed by atoms with Gasteiger partial charge in [0.1, 0.15) is 18.1 Å². The Bertz CT molecular complexity index is 857. The van der Waals surface area contributed by atoms with E-state index in [0.29, 0.717) is 5.69 Å². The SMILES string of the molecule is CC(NC(=O)C(N)CC(N)=O)C(=O)NC(Cc1cnc[nH]1)C(=O)NC(CC(N)=O)C(=O)O. The zero-order valence-electron chi connectivity index (χ0n) is 17.2. The molecule has 0 bridgehead atoms. The molecule has 15 heteroatoms. The number of carbonyl (C=O) groups is 6. The number of H-pyrrole nitrogens is 1. The molecule has 0 radical (unpaired) electrons. The Morgan fingerprint density at radius 3 is 2.06 bits per heavy atom. The van der Waals surface area contributed by atoms with Crippen molar-refractivity contribution in [1.82, 2.24) is 25.9 Å². The average molecular weight is 454 g/mol. The first kappa shape index (κ1) is 26.0. The van der Waals surface area contributed by atoms with Crippen molar-refractivity contribution in [3.63, 3.8) is 0 Å². The lowest BCUT2D eigenvalue weighted by atomic mass is 10.1. The molecule has 0 spiro atoms. The quantitative estimate of drug-likeness (QED) is 0.143. The minimum absolute atomic E-state index is 0.109. The van der Waals surface area contributed by atoms with Gasteiger partial charge in [0.25, 0.3) is 0 Å². The van der Waals surface area contributed by atoms with Crippen LogP contribution < -0.4 is 33.2 Å². The van der Waals surface area contributed by atoms with Gasteiger partial charge in [-0.25, -0.2) is 9.78 Å². The third-order valence-corrected chi connectivity index (χ3v) is 4.14. The number of hydrogen-bond acceptors (Lipinski definition) is 8. The molecule has 0 saturated carbocycles. The lowest BCUT2D eigenvalue weighted by Crippen LogP contribution is -2.57. The standard InChI is InChI=1S/C17H26N8O7/c1-7(23-15(29)9(18)3-12(19)26)14(28)24-10(2-8-5-21-6-22-8)16(30)25-11(17(31)32)4-13(20)27/h5-7,9-11H,2-4,18H2,1H3,(H2,19,26)(H2,20,27)(H,21,22)(H,23,29)(H,24,28)(H,25,30)(H,31,32). The van der Waals surface area contributed by atoms with Crippen LogP contribution in [0, 0.1) is 0 Å². The van der Waals surface area contributed by atoms with E-state index in [1.165, 1.54) is 19.4 Å². The number of carbonyl (C=O) groups excluding carboxylic acids is 5. The van der Waals surface area contributed by atoms with Gasteiger partial charge in [-0.2, -0.15) is 0 Å². The molecule has 4 atom stereocenters. The molecule has 176 valence electrons. The molecule has 0 aliphatic heterocycles. The Kier molecular flexibility index (Phi) is 9.75. The van der Waals surface area contributed by atoms with Crippen LogP contribution in [-0.2, 0) is 35.2 Å². The number of aromatic nitrogens is 2. The van der Waals surface area contributed by atoms with E-state index >= 15 is 0 Å². The number of rotatable bonds is 13. The minimum Gasteiger partial charge on any atom is -0.480 e. The molecular weight excluding hydrogens is 428 g/mol. The number of imidazole rings is 1. The van der Waals surface area contributed by atoms with Crippen molar-refractivity contribution < 1.29 is 33.9 Å². The molecule has 1 aromatic heterocycles. The summed E-state index contributed by atoms with van der Waals surface area (Å²) in [5, 5.41) is 16.0. The lowest BCUT2D eigenvalue weighted by molar-refractivity contribution is -0.143. The Morgan fingerprint density at radius 1 is 0.969 bits per heavy atom. The molecule has 4 unspecified atom stereocenters. The van der Waals surface area contributed by atoms with Crippen LogP contribution in [0.3, 0.4) is 0 Å². The smallest absolute Gasteiger partial charge is 0.326 e. The van der Waals surface area contributed by atoms with E-state index < -0.39 is 72.5 Å². The van der Waals surface area contributed by atoms with Gasteiger partial charge in [-0.3, -0.25) is 24.0 Å². The first-order valence-corrected chi connectivity index (χ1v) is 9.34. The van der Waals surface area contributed by atoms with E-state index in [2.05, 4.69) is 25.9 Å². The topological polar surface area (TPSA) is 265 Å². The maximum Gasteiger partial charge on any atom is 0.326 e. The van der Waals surface area contributed by atoms with Crippen molar-refractivity contribution in [3.05, 3.63) is 18.2 Å². The van der Waals surface area contributed by atoms with Gasteiger partial charge in [0.15, 0.2) is 0 Å². The normalized spacial score (nSPS) is 14.3. The van der Waals surface area contributed by atoms with Crippen molar-refractivity contribution in [2.24, 2.45) is 17.2 Å². The maximum absolute atomic E-state index is 12.6.